The zero-order chi connectivity index (χ0) is 19.1. The van der Waals surface area contributed by atoms with E-state index in [4.69, 9.17) is 16.3 Å². The molecule has 0 saturated heterocycles. The van der Waals surface area contributed by atoms with Crippen molar-refractivity contribution in [1.29, 1.82) is 0 Å². The molecule has 0 unspecified atom stereocenters. The van der Waals surface area contributed by atoms with Crippen LogP contribution in [0.25, 0.3) is 5.57 Å². The number of ether oxygens (including phenoxy) is 1. The van der Waals surface area contributed by atoms with Gasteiger partial charge in [0.25, 0.3) is 0 Å². The maximum atomic E-state index is 6.20. The van der Waals surface area contributed by atoms with Crippen molar-refractivity contribution in [3.05, 3.63) is 58.1 Å². The Morgan fingerprint density at radius 1 is 1.15 bits per heavy atom. The molecule has 0 N–H and O–H groups in total. The molecule has 0 fully saturated rings. The molecule has 1 aliphatic rings. The van der Waals surface area contributed by atoms with Crippen molar-refractivity contribution in [3.63, 3.8) is 0 Å². The van der Waals surface area contributed by atoms with Crippen molar-refractivity contribution in [2.75, 3.05) is 19.1 Å². The van der Waals surface area contributed by atoms with E-state index >= 15 is 0 Å². The number of fused-ring (bicyclic) bond motifs is 1. The van der Waals surface area contributed by atoms with E-state index in [1.54, 1.807) is 7.11 Å². The number of aliphatic imine (C=N–C) groups is 1. The maximum absolute atomic E-state index is 6.20. The van der Waals surface area contributed by atoms with Gasteiger partial charge in [0.15, 0.2) is 0 Å². The second-order valence-electron chi connectivity index (χ2n) is 7.34. The van der Waals surface area contributed by atoms with Crippen LogP contribution < -0.4 is 9.64 Å². The summed E-state index contributed by atoms with van der Waals surface area (Å²) in [7, 11) is 3.81. The van der Waals surface area contributed by atoms with Crippen LogP contribution in [0.15, 0.2) is 41.4 Å². The lowest BCUT2D eigenvalue weighted by atomic mass is 9.88. The van der Waals surface area contributed by atoms with Crippen molar-refractivity contribution in [1.82, 2.24) is 0 Å². The van der Waals surface area contributed by atoms with Gasteiger partial charge in [-0.3, -0.25) is 4.99 Å². The molecule has 0 bridgehead atoms. The molecule has 3 rings (SSSR count). The number of hydrogen-bond acceptors (Lipinski definition) is 3. The van der Waals surface area contributed by atoms with Crippen LogP contribution in [0, 0.1) is 6.92 Å². The van der Waals surface area contributed by atoms with E-state index in [1.807, 2.05) is 31.3 Å². The average molecular weight is 369 g/mol. The number of halogens is 1. The Morgan fingerprint density at radius 2 is 1.88 bits per heavy atom. The summed E-state index contributed by atoms with van der Waals surface area (Å²) >= 11 is 6.20. The molecule has 1 aliphatic heterocycles. The first-order valence-corrected chi connectivity index (χ1v) is 9.06. The second-order valence-corrected chi connectivity index (χ2v) is 7.75. The van der Waals surface area contributed by atoms with Gasteiger partial charge in [0.1, 0.15) is 5.75 Å². The fraction of sp³-hybridized carbons (Fsp3) is 0.318. The van der Waals surface area contributed by atoms with E-state index in [-0.39, 0.29) is 5.54 Å². The molecule has 0 aliphatic carbocycles. The van der Waals surface area contributed by atoms with Gasteiger partial charge in [0.2, 0.25) is 0 Å². The summed E-state index contributed by atoms with van der Waals surface area (Å²) in [5.74, 6) is 0.808. The van der Waals surface area contributed by atoms with Crippen molar-refractivity contribution in [2.45, 2.75) is 33.2 Å². The molecule has 0 amide bonds. The van der Waals surface area contributed by atoms with Gasteiger partial charge in [-0.2, -0.15) is 0 Å². The molecule has 26 heavy (non-hydrogen) atoms. The summed E-state index contributed by atoms with van der Waals surface area (Å²) in [6, 6.07) is 10.1. The normalized spacial score (nSPS) is 15.8. The quantitative estimate of drug-likeness (QED) is 0.617. The van der Waals surface area contributed by atoms with Gasteiger partial charge in [-0.15, -0.1) is 0 Å². The van der Waals surface area contributed by atoms with Gasteiger partial charge in [-0.1, -0.05) is 23.7 Å². The molecular weight excluding hydrogens is 344 g/mol. The smallest absolute Gasteiger partial charge is 0.129 e. The fourth-order valence-electron chi connectivity index (χ4n) is 3.28. The average Bonchev–Trinajstić information content (AvgIpc) is 2.60. The minimum atomic E-state index is -0.0314. The highest BCUT2D eigenvalue weighted by Gasteiger charge is 2.29. The van der Waals surface area contributed by atoms with Crippen molar-refractivity contribution >= 4 is 34.8 Å². The molecule has 0 saturated carbocycles. The predicted molar refractivity (Wildman–Crippen MR) is 113 cm³/mol. The summed E-state index contributed by atoms with van der Waals surface area (Å²) < 4.78 is 5.63. The number of rotatable bonds is 3. The van der Waals surface area contributed by atoms with E-state index in [1.165, 1.54) is 16.8 Å². The van der Waals surface area contributed by atoms with Crippen LogP contribution in [0.5, 0.6) is 5.75 Å². The zero-order valence-corrected chi connectivity index (χ0v) is 17.0. The minimum absolute atomic E-state index is 0.0314. The Balaban J connectivity index is 2.05. The molecule has 0 aromatic heterocycles. The lowest BCUT2D eigenvalue weighted by Crippen LogP contribution is -2.42. The highest BCUT2D eigenvalue weighted by Crippen LogP contribution is 2.41. The maximum Gasteiger partial charge on any atom is 0.129 e. The first-order valence-electron chi connectivity index (χ1n) is 8.69. The third-order valence-corrected chi connectivity index (χ3v) is 5.48. The van der Waals surface area contributed by atoms with Crippen LogP contribution in [-0.4, -0.2) is 25.9 Å². The summed E-state index contributed by atoms with van der Waals surface area (Å²) in [6.45, 7) is 8.56. The molecule has 2 aromatic carbocycles. The summed E-state index contributed by atoms with van der Waals surface area (Å²) in [6.07, 6.45) is 4.13. The number of hydrogen-bond donors (Lipinski definition) is 0. The van der Waals surface area contributed by atoms with E-state index < -0.39 is 0 Å². The lowest BCUT2D eigenvalue weighted by molar-refractivity contribution is 0.414. The highest BCUT2D eigenvalue weighted by atomic mass is 35.5. The van der Waals surface area contributed by atoms with E-state index in [9.17, 15) is 0 Å². The van der Waals surface area contributed by atoms with Gasteiger partial charge >= 0.3 is 0 Å². The molecule has 2 aromatic rings. The molecule has 0 radical (unpaired) electrons. The number of aryl methyl sites for hydroxylation is 1. The van der Waals surface area contributed by atoms with Gasteiger partial charge < -0.3 is 9.64 Å². The van der Waals surface area contributed by atoms with Crippen LogP contribution in [0.2, 0.25) is 5.02 Å². The van der Waals surface area contributed by atoms with Crippen LogP contribution in [0.3, 0.4) is 0 Å². The molecule has 4 heteroatoms. The lowest BCUT2D eigenvalue weighted by Gasteiger charge is -2.40. The Kier molecular flexibility index (Phi) is 4.85. The first-order chi connectivity index (χ1) is 12.2. The monoisotopic (exact) mass is 368 g/mol. The van der Waals surface area contributed by atoms with Gasteiger partial charge in [-0.25, -0.2) is 0 Å². The minimum Gasteiger partial charge on any atom is -0.496 e. The Morgan fingerprint density at radius 3 is 2.54 bits per heavy atom. The van der Waals surface area contributed by atoms with Crippen molar-refractivity contribution in [2.24, 2.45) is 4.99 Å². The van der Waals surface area contributed by atoms with Crippen LogP contribution >= 0.6 is 11.6 Å². The van der Waals surface area contributed by atoms with E-state index in [0.717, 1.165) is 27.6 Å². The Hall–Kier alpha value is -2.26. The van der Waals surface area contributed by atoms with Crippen molar-refractivity contribution < 1.29 is 4.74 Å². The van der Waals surface area contributed by atoms with E-state index in [2.05, 4.69) is 55.9 Å². The molecular formula is C22H25ClN2O. The largest absolute Gasteiger partial charge is 0.496 e. The third kappa shape index (κ3) is 3.36. The van der Waals surface area contributed by atoms with Crippen LogP contribution in [0.1, 0.15) is 37.5 Å². The number of methoxy groups -OCH3 is 1. The number of likely N-dealkylation sites (N-methyl/N-ethyl adjacent to an activating group) is 1. The SMILES string of the molecule is COc1cc2c(cc1C=Nc1ccc(C)c(Cl)c1)C(C)=CC(C)(C)N2C. The summed E-state index contributed by atoms with van der Waals surface area (Å²) in [4.78, 5) is 6.86. The van der Waals surface area contributed by atoms with Crippen LogP contribution in [0.4, 0.5) is 11.4 Å². The second kappa shape index (κ2) is 6.81. The Bertz CT molecular complexity index is 913. The standard InChI is InChI=1S/C22H25ClN2O/c1-14-7-8-17(10-19(14)23)24-13-16-9-18-15(2)12-22(3,4)25(5)20(18)11-21(16)26-6/h7-13H,1-6H3. The number of nitrogens with zero attached hydrogens (tertiary/aromatic N) is 2. The number of allylic oxidation sites excluding steroid dienone is 1. The third-order valence-electron chi connectivity index (χ3n) is 5.08. The Labute approximate surface area is 161 Å². The van der Waals surface area contributed by atoms with Crippen molar-refractivity contribution in [3.8, 4) is 5.75 Å². The zero-order valence-electron chi connectivity index (χ0n) is 16.2. The van der Waals surface area contributed by atoms with Gasteiger partial charge in [-0.05, 0) is 57.0 Å². The van der Waals surface area contributed by atoms with Crippen LogP contribution in [-0.2, 0) is 0 Å². The highest BCUT2D eigenvalue weighted by molar-refractivity contribution is 6.31. The molecule has 136 valence electrons. The van der Waals surface area contributed by atoms with Gasteiger partial charge in [0, 0.05) is 41.2 Å². The molecule has 3 nitrogen and oxygen atoms in total. The molecule has 1 heterocycles. The number of anilines is 1. The summed E-state index contributed by atoms with van der Waals surface area (Å²) in [5, 5.41) is 0.722. The predicted octanol–water partition coefficient (Wildman–Crippen LogP) is 6.04. The summed E-state index contributed by atoms with van der Waals surface area (Å²) in [5.41, 5.74) is 6.42. The van der Waals surface area contributed by atoms with E-state index in [0.29, 0.717) is 0 Å². The molecule has 0 atom stereocenters. The number of benzene rings is 2. The topological polar surface area (TPSA) is 24.8 Å². The molecule has 0 spiro atoms. The fourth-order valence-corrected chi connectivity index (χ4v) is 3.45. The first kappa shape index (κ1) is 18.5. The van der Waals surface area contributed by atoms with Gasteiger partial charge in [0.05, 0.1) is 18.3 Å².